The second-order valence-electron chi connectivity index (χ2n) is 4.21. The van der Waals surface area contributed by atoms with Crippen molar-refractivity contribution in [3.63, 3.8) is 0 Å². The number of aryl methyl sites for hydroxylation is 1. The van der Waals surface area contributed by atoms with Crippen LogP contribution < -0.4 is 0 Å². The summed E-state index contributed by atoms with van der Waals surface area (Å²) in [7, 11) is 0. The van der Waals surface area contributed by atoms with Crippen molar-refractivity contribution in [1.82, 2.24) is 20.2 Å². The van der Waals surface area contributed by atoms with Crippen LogP contribution >= 0.6 is 0 Å². The van der Waals surface area contributed by atoms with Gasteiger partial charge in [-0.25, -0.2) is 9.48 Å². The van der Waals surface area contributed by atoms with E-state index in [1.165, 1.54) is 4.68 Å². The van der Waals surface area contributed by atoms with Gasteiger partial charge in [-0.05, 0) is 42.3 Å². The van der Waals surface area contributed by atoms with E-state index in [1.807, 2.05) is 32.0 Å². The summed E-state index contributed by atoms with van der Waals surface area (Å²) in [6, 6.07) is 4.99. The van der Waals surface area contributed by atoms with E-state index in [-0.39, 0.29) is 0 Å². The van der Waals surface area contributed by atoms with Gasteiger partial charge in [0.25, 0.3) is 0 Å². The van der Waals surface area contributed by atoms with Gasteiger partial charge in [-0.2, -0.15) is 0 Å². The fourth-order valence-electron chi connectivity index (χ4n) is 1.73. The summed E-state index contributed by atoms with van der Waals surface area (Å²) in [6.07, 6.45) is 0. The van der Waals surface area contributed by atoms with Gasteiger partial charge in [0.05, 0.1) is 0 Å². The molecule has 0 saturated heterocycles. The Kier molecular flexibility index (Phi) is 3.10. The van der Waals surface area contributed by atoms with E-state index in [1.54, 1.807) is 6.92 Å². The van der Waals surface area contributed by atoms with E-state index in [0.29, 0.717) is 5.82 Å². The molecule has 1 atom stereocenters. The van der Waals surface area contributed by atoms with Crippen LogP contribution in [0, 0.1) is 13.8 Å². The van der Waals surface area contributed by atoms with Crippen molar-refractivity contribution in [3.8, 4) is 11.4 Å². The molecule has 0 aliphatic carbocycles. The Morgan fingerprint density at radius 3 is 2.78 bits per heavy atom. The predicted octanol–water partition coefficient (Wildman–Crippen LogP) is 1.60. The Balaban J connectivity index is 2.56. The lowest BCUT2D eigenvalue weighted by molar-refractivity contribution is -0.140. The minimum absolute atomic E-state index is 0.478. The van der Waals surface area contributed by atoms with Crippen molar-refractivity contribution in [2.24, 2.45) is 0 Å². The maximum Gasteiger partial charge on any atom is 0.328 e. The highest BCUT2D eigenvalue weighted by Crippen LogP contribution is 2.24. The quantitative estimate of drug-likeness (QED) is 0.889. The van der Waals surface area contributed by atoms with E-state index in [2.05, 4.69) is 15.5 Å². The number of carboxylic acid groups (broad SMARTS) is 1. The molecule has 0 aliphatic rings. The summed E-state index contributed by atoms with van der Waals surface area (Å²) < 4.78 is 1.32. The van der Waals surface area contributed by atoms with E-state index in [4.69, 9.17) is 5.11 Å². The number of carboxylic acids is 1. The minimum atomic E-state index is -0.964. The predicted molar refractivity (Wildman–Crippen MR) is 65.1 cm³/mol. The zero-order valence-corrected chi connectivity index (χ0v) is 10.5. The fourth-order valence-corrected chi connectivity index (χ4v) is 1.73. The number of hydrogen-bond acceptors (Lipinski definition) is 4. The van der Waals surface area contributed by atoms with Crippen molar-refractivity contribution in [1.29, 1.82) is 0 Å². The average molecular weight is 246 g/mol. The van der Waals surface area contributed by atoms with Crippen molar-refractivity contribution in [3.05, 3.63) is 29.3 Å². The largest absolute Gasteiger partial charge is 0.480 e. The van der Waals surface area contributed by atoms with Gasteiger partial charge in [-0.15, -0.1) is 5.10 Å². The van der Waals surface area contributed by atoms with E-state index in [9.17, 15) is 4.79 Å². The first-order valence-electron chi connectivity index (χ1n) is 5.59. The summed E-state index contributed by atoms with van der Waals surface area (Å²) in [5.74, 6) is -0.486. The minimum Gasteiger partial charge on any atom is -0.480 e. The van der Waals surface area contributed by atoms with Crippen LogP contribution in [-0.2, 0) is 4.79 Å². The highest BCUT2D eigenvalue weighted by Gasteiger charge is 2.21. The molecule has 94 valence electrons. The second-order valence-corrected chi connectivity index (χ2v) is 4.21. The molecule has 0 radical (unpaired) electrons. The van der Waals surface area contributed by atoms with Crippen LogP contribution in [0.2, 0.25) is 0 Å². The van der Waals surface area contributed by atoms with Crippen LogP contribution in [0.5, 0.6) is 0 Å². The van der Waals surface area contributed by atoms with Gasteiger partial charge in [0, 0.05) is 5.56 Å². The summed E-state index contributed by atoms with van der Waals surface area (Å²) in [5.41, 5.74) is 3.02. The molecule has 1 heterocycles. The number of tetrazole rings is 1. The second kappa shape index (κ2) is 4.56. The molecule has 6 nitrogen and oxygen atoms in total. The summed E-state index contributed by atoms with van der Waals surface area (Å²) >= 11 is 0. The van der Waals surface area contributed by atoms with Gasteiger partial charge < -0.3 is 5.11 Å². The lowest BCUT2D eigenvalue weighted by atomic mass is 10.0. The van der Waals surface area contributed by atoms with Crippen LogP contribution in [0.15, 0.2) is 18.2 Å². The molecular formula is C12H14N4O2. The maximum absolute atomic E-state index is 11.0. The molecule has 0 saturated carbocycles. The maximum atomic E-state index is 11.0. The Morgan fingerprint density at radius 2 is 2.11 bits per heavy atom. The fraction of sp³-hybridized carbons (Fsp3) is 0.333. The van der Waals surface area contributed by atoms with Gasteiger partial charge in [0.1, 0.15) is 0 Å². The van der Waals surface area contributed by atoms with Crippen LogP contribution in [0.4, 0.5) is 0 Å². The highest BCUT2D eigenvalue weighted by molar-refractivity contribution is 5.72. The molecule has 6 heteroatoms. The normalized spacial score (nSPS) is 12.4. The first-order valence-corrected chi connectivity index (χ1v) is 5.59. The zero-order chi connectivity index (χ0) is 13.3. The first-order chi connectivity index (χ1) is 8.52. The van der Waals surface area contributed by atoms with Crippen molar-refractivity contribution in [2.45, 2.75) is 26.8 Å². The third kappa shape index (κ3) is 1.97. The van der Waals surface area contributed by atoms with E-state index in [0.717, 1.165) is 16.7 Å². The lowest BCUT2D eigenvalue weighted by Crippen LogP contribution is -2.18. The van der Waals surface area contributed by atoms with Crippen LogP contribution in [0.25, 0.3) is 11.4 Å². The van der Waals surface area contributed by atoms with Crippen molar-refractivity contribution >= 4 is 5.97 Å². The van der Waals surface area contributed by atoms with Gasteiger partial charge in [0.15, 0.2) is 11.9 Å². The standard InChI is InChI=1S/C12H14N4O2/c1-7-5-4-6-10(8(7)2)11-13-14-15-16(11)9(3)12(17)18/h4-6,9H,1-3H3,(H,17,18). The van der Waals surface area contributed by atoms with E-state index < -0.39 is 12.0 Å². The van der Waals surface area contributed by atoms with Gasteiger partial charge in [-0.1, -0.05) is 18.2 Å². The molecule has 1 N–H and O–H groups in total. The molecule has 0 bridgehead atoms. The van der Waals surface area contributed by atoms with Gasteiger partial charge >= 0.3 is 5.97 Å². The average Bonchev–Trinajstić information content (AvgIpc) is 2.80. The molecule has 1 aromatic carbocycles. The monoisotopic (exact) mass is 246 g/mol. The van der Waals surface area contributed by atoms with Gasteiger partial charge in [-0.3, -0.25) is 0 Å². The smallest absolute Gasteiger partial charge is 0.328 e. The number of hydrogen-bond donors (Lipinski definition) is 1. The number of rotatable bonds is 3. The number of nitrogens with zero attached hydrogens (tertiary/aromatic N) is 4. The first kappa shape index (κ1) is 12.2. The number of benzene rings is 1. The SMILES string of the molecule is Cc1cccc(-c2nnnn2C(C)C(=O)O)c1C. The summed E-state index contributed by atoms with van der Waals surface area (Å²) in [4.78, 5) is 11.0. The molecule has 0 spiro atoms. The lowest BCUT2D eigenvalue weighted by Gasteiger charge is -2.11. The molecule has 1 aromatic heterocycles. The Morgan fingerprint density at radius 1 is 1.39 bits per heavy atom. The summed E-state index contributed by atoms with van der Waals surface area (Å²) in [5, 5.41) is 20.3. The van der Waals surface area contributed by atoms with Crippen LogP contribution in [0.3, 0.4) is 0 Å². The molecule has 1 unspecified atom stereocenters. The third-order valence-corrected chi connectivity index (χ3v) is 3.06. The summed E-state index contributed by atoms with van der Waals surface area (Å²) in [6.45, 7) is 5.51. The highest BCUT2D eigenvalue weighted by atomic mass is 16.4. The van der Waals surface area contributed by atoms with Gasteiger partial charge in [0.2, 0.25) is 0 Å². The topological polar surface area (TPSA) is 80.9 Å². The Bertz CT molecular complexity index is 592. The molecule has 2 aromatic rings. The Hall–Kier alpha value is -2.24. The van der Waals surface area contributed by atoms with Crippen LogP contribution in [0.1, 0.15) is 24.1 Å². The molecule has 0 aliphatic heterocycles. The molecule has 0 fully saturated rings. The van der Waals surface area contributed by atoms with Crippen molar-refractivity contribution < 1.29 is 9.90 Å². The number of aliphatic carboxylic acids is 1. The molecule has 0 amide bonds. The molecule has 2 rings (SSSR count). The van der Waals surface area contributed by atoms with Crippen molar-refractivity contribution in [2.75, 3.05) is 0 Å². The number of aromatic nitrogens is 4. The molecule has 18 heavy (non-hydrogen) atoms. The zero-order valence-electron chi connectivity index (χ0n) is 10.5. The van der Waals surface area contributed by atoms with E-state index >= 15 is 0 Å². The third-order valence-electron chi connectivity index (χ3n) is 3.06. The number of carbonyl (C=O) groups is 1. The van der Waals surface area contributed by atoms with Crippen LogP contribution in [-0.4, -0.2) is 31.3 Å². The Labute approximate surface area is 104 Å². The molecular weight excluding hydrogens is 232 g/mol.